The summed E-state index contributed by atoms with van der Waals surface area (Å²) in [5.74, 6) is -0.211. The van der Waals surface area contributed by atoms with Crippen LogP contribution in [0.3, 0.4) is 0 Å². The molecule has 8 nitrogen and oxygen atoms in total. The molecule has 0 radical (unpaired) electrons. The van der Waals surface area contributed by atoms with Gasteiger partial charge in [0.15, 0.2) is 0 Å². The number of carbonyl (C=O) groups is 2. The Morgan fingerprint density at radius 1 is 0.971 bits per heavy atom. The molecule has 2 amide bonds. The lowest BCUT2D eigenvalue weighted by Crippen LogP contribution is -2.46. The Kier molecular flexibility index (Phi) is 7.14. The highest BCUT2D eigenvalue weighted by atomic mass is 32.2. The van der Waals surface area contributed by atoms with Crippen molar-refractivity contribution in [1.82, 2.24) is 9.62 Å². The highest BCUT2D eigenvalue weighted by Crippen LogP contribution is 2.24. The number of sulfonamides is 1. The van der Waals surface area contributed by atoms with Crippen molar-refractivity contribution in [3.63, 3.8) is 0 Å². The van der Waals surface area contributed by atoms with E-state index in [0.717, 1.165) is 10.8 Å². The summed E-state index contributed by atoms with van der Waals surface area (Å²) in [7, 11) is -3.72. The average molecular weight is 482 g/mol. The summed E-state index contributed by atoms with van der Waals surface area (Å²) in [6, 6.07) is 18.9. The second kappa shape index (κ2) is 10.2. The van der Waals surface area contributed by atoms with Gasteiger partial charge in [-0.25, -0.2) is 17.9 Å². The summed E-state index contributed by atoms with van der Waals surface area (Å²) >= 11 is 0. The van der Waals surface area contributed by atoms with Crippen molar-refractivity contribution < 1.29 is 22.7 Å². The quantitative estimate of drug-likeness (QED) is 0.554. The number of fused-ring (bicyclic) bond motifs is 1. The number of carbonyl (C=O) groups excluding carboxylic acids is 2. The number of nitrogens with one attached hydrogen (secondary N) is 2. The number of hydrogen-bond acceptors (Lipinski definition) is 5. The van der Waals surface area contributed by atoms with E-state index in [0.29, 0.717) is 43.8 Å². The smallest absolute Gasteiger partial charge is 0.409 e. The van der Waals surface area contributed by atoms with E-state index in [9.17, 15) is 18.0 Å². The number of hydrogen-bond donors (Lipinski definition) is 2. The van der Waals surface area contributed by atoms with Gasteiger partial charge in [-0.2, -0.15) is 0 Å². The third kappa shape index (κ3) is 5.55. The molecular weight excluding hydrogens is 454 g/mol. The van der Waals surface area contributed by atoms with Gasteiger partial charge in [-0.1, -0.05) is 30.3 Å². The van der Waals surface area contributed by atoms with Crippen molar-refractivity contribution in [2.24, 2.45) is 0 Å². The molecule has 1 saturated heterocycles. The van der Waals surface area contributed by atoms with E-state index in [1.54, 1.807) is 66.4 Å². The minimum atomic E-state index is -3.72. The molecule has 0 saturated carbocycles. The molecule has 0 bridgehead atoms. The summed E-state index contributed by atoms with van der Waals surface area (Å²) in [5.41, 5.74) is 1.19. The number of likely N-dealkylation sites (tertiary alicyclic amines) is 1. The molecule has 0 atom stereocenters. The van der Waals surface area contributed by atoms with Crippen LogP contribution < -0.4 is 10.0 Å². The Balaban J connectivity index is 1.42. The Morgan fingerprint density at radius 2 is 1.65 bits per heavy atom. The maximum atomic E-state index is 13.0. The number of benzene rings is 3. The molecule has 3 aromatic rings. The van der Waals surface area contributed by atoms with E-state index in [1.807, 2.05) is 12.1 Å². The van der Waals surface area contributed by atoms with Gasteiger partial charge in [-0.05, 0) is 66.9 Å². The molecule has 2 N–H and O–H groups in total. The Labute approximate surface area is 199 Å². The van der Waals surface area contributed by atoms with Gasteiger partial charge < -0.3 is 15.0 Å². The number of nitrogens with zero attached hydrogens (tertiary/aromatic N) is 1. The van der Waals surface area contributed by atoms with E-state index >= 15 is 0 Å². The number of ether oxygens (including phenoxy) is 1. The zero-order valence-electron chi connectivity index (χ0n) is 18.9. The maximum Gasteiger partial charge on any atom is 0.409 e. The Morgan fingerprint density at radius 3 is 2.35 bits per heavy atom. The largest absolute Gasteiger partial charge is 0.450 e. The van der Waals surface area contributed by atoms with E-state index in [2.05, 4.69) is 10.0 Å². The van der Waals surface area contributed by atoms with Gasteiger partial charge in [0.25, 0.3) is 5.91 Å². The standard InChI is InChI=1S/C25H27N3O5S/c1-2-33-25(30)28-14-12-21(13-15-28)27-34(31,32)23-11-9-19-16-22(10-8-20(19)17-23)26-24(29)18-6-4-3-5-7-18/h3-11,16-17,21,27H,2,12-15H2,1H3,(H,26,29). The fourth-order valence-electron chi connectivity index (χ4n) is 3.94. The van der Waals surface area contributed by atoms with Gasteiger partial charge in [0.2, 0.25) is 10.0 Å². The summed E-state index contributed by atoms with van der Waals surface area (Å²) in [6.45, 7) is 2.96. The minimum absolute atomic E-state index is 0.175. The van der Waals surface area contributed by atoms with Crippen molar-refractivity contribution in [2.45, 2.75) is 30.7 Å². The molecule has 0 spiro atoms. The zero-order valence-corrected chi connectivity index (χ0v) is 19.7. The summed E-state index contributed by atoms with van der Waals surface area (Å²) in [5, 5.41) is 4.42. The fourth-order valence-corrected chi connectivity index (χ4v) is 5.28. The van der Waals surface area contributed by atoms with Gasteiger partial charge in [-0.15, -0.1) is 0 Å². The second-order valence-electron chi connectivity index (χ2n) is 8.13. The molecule has 1 fully saturated rings. The fraction of sp³-hybridized carbons (Fsp3) is 0.280. The second-order valence-corrected chi connectivity index (χ2v) is 9.84. The molecule has 1 aliphatic rings. The molecule has 9 heteroatoms. The van der Waals surface area contributed by atoms with E-state index < -0.39 is 10.0 Å². The minimum Gasteiger partial charge on any atom is -0.450 e. The molecule has 1 aliphatic heterocycles. The molecule has 1 heterocycles. The van der Waals surface area contributed by atoms with Crippen LogP contribution in [0.15, 0.2) is 71.6 Å². The van der Waals surface area contributed by atoms with Crippen LogP contribution in [-0.2, 0) is 14.8 Å². The SMILES string of the molecule is CCOC(=O)N1CCC(NS(=O)(=O)c2ccc3cc(NC(=O)c4ccccc4)ccc3c2)CC1. The third-order valence-corrected chi connectivity index (χ3v) is 7.28. The summed E-state index contributed by atoms with van der Waals surface area (Å²) in [6.07, 6.45) is 0.685. The van der Waals surface area contributed by atoms with Crippen LogP contribution in [0, 0.1) is 0 Å². The highest BCUT2D eigenvalue weighted by molar-refractivity contribution is 7.89. The van der Waals surface area contributed by atoms with Crippen LogP contribution in [0.4, 0.5) is 10.5 Å². The summed E-state index contributed by atoms with van der Waals surface area (Å²) < 4.78 is 33.7. The van der Waals surface area contributed by atoms with Crippen LogP contribution in [0.1, 0.15) is 30.1 Å². The van der Waals surface area contributed by atoms with Crippen molar-refractivity contribution >= 4 is 38.5 Å². The van der Waals surface area contributed by atoms with E-state index in [4.69, 9.17) is 4.74 Å². The van der Waals surface area contributed by atoms with E-state index in [1.165, 1.54) is 0 Å². The Hall–Kier alpha value is -3.43. The van der Waals surface area contributed by atoms with Gasteiger partial charge in [-0.3, -0.25) is 4.79 Å². The van der Waals surface area contributed by atoms with Crippen LogP contribution in [0.2, 0.25) is 0 Å². The lowest BCUT2D eigenvalue weighted by Gasteiger charge is -2.31. The molecule has 0 aliphatic carbocycles. The monoisotopic (exact) mass is 481 g/mol. The van der Waals surface area contributed by atoms with Gasteiger partial charge in [0.05, 0.1) is 11.5 Å². The first-order valence-electron chi connectivity index (χ1n) is 11.2. The third-order valence-electron chi connectivity index (χ3n) is 5.76. The molecule has 178 valence electrons. The lowest BCUT2D eigenvalue weighted by atomic mass is 10.1. The van der Waals surface area contributed by atoms with Gasteiger partial charge >= 0.3 is 6.09 Å². The molecule has 0 unspecified atom stereocenters. The zero-order chi connectivity index (χ0) is 24.1. The molecule has 0 aromatic heterocycles. The van der Waals surface area contributed by atoms with Crippen molar-refractivity contribution in [3.05, 3.63) is 72.3 Å². The maximum absolute atomic E-state index is 13.0. The molecule has 3 aromatic carbocycles. The van der Waals surface area contributed by atoms with Crippen LogP contribution in [0.25, 0.3) is 10.8 Å². The number of rotatable bonds is 6. The normalized spacial score (nSPS) is 14.7. The predicted octanol–water partition coefficient (Wildman–Crippen LogP) is 3.99. The van der Waals surface area contributed by atoms with Gasteiger partial charge in [0.1, 0.15) is 0 Å². The first-order chi connectivity index (χ1) is 16.4. The highest BCUT2D eigenvalue weighted by Gasteiger charge is 2.27. The van der Waals surface area contributed by atoms with Gasteiger partial charge in [0, 0.05) is 30.4 Å². The first kappa shape index (κ1) is 23.7. The van der Waals surface area contributed by atoms with Crippen molar-refractivity contribution in [1.29, 1.82) is 0 Å². The van der Waals surface area contributed by atoms with Crippen LogP contribution in [0.5, 0.6) is 0 Å². The van der Waals surface area contributed by atoms with Crippen molar-refractivity contribution in [2.75, 3.05) is 25.0 Å². The molecular formula is C25H27N3O5S. The predicted molar refractivity (Wildman–Crippen MR) is 130 cm³/mol. The Bertz CT molecular complexity index is 1290. The van der Waals surface area contributed by atoms with E-state index in [-0.39, 0.29) is 22.9 Å². The lowest BCUT2D eigenvalue weighted by molar-refractivity contribution is 0.0964. The number of anilines is 1. The van der Waals surface area contributed by atoms with Crippen LogP contribution >= 0.6 is 0 Å². The first-order valence-corrected chi connectivity index (χ1v) is 12.7. The number of amides is 2. The van der Waals surface area contributed by atoms with Crippen molar-refractivity contribution in [3.8, 4) is 0 Å². The average Bonchev–Trinajstić information content (AvgIpc) is 2.84. The summed E-state index contributed by atoms with van der Waals surface area (Å²) in [4.78, 5) is 26.0. The number of piperidine rings is 1. The topological polar surface area (TPSA) is 105 Å². The molecule has 4 rings (SSSR count). The van der Waals surface area contributed by atoms with Crippen LogP contribution in [-0.4, -0.2) is 51.1 Å². The molecule has 34 heavy (non-hydrogen) atoms.